The summed E-state index contributed by atoms with van der Waals surface area (Å²) in [6.07, 6.45) is -4.01. The minimum absolute atomic E-state index is 0.0770. The number of ether oxygens (including phenoxy) is 2. The van der Waals surface area contributed by atoms with Gasteiger partial charge in [0.1, 0.15) is 5.75 Å². The first-order valence-electron chi connectivity index (χ1n) is 15.2. The lowest BCUT2D eigenvalue weighted by Gasteiger charge is -2.43. The maximum absolute atomic E-state index is 14.0. The Labute approximate surface area is 282 Å². The molecule has 2 bridgehead atoms. The van der Waals surface area contributed by atoms with Gasteiger partial charge in [-0.1, -0.05) is 33.3 Å². The summed E-state index contributed by atoms with van der Waals surface area (Å²) in [5, 5.41) is 0.571. The molecule has 2 aliphatic carbocycles. The van der Waals surface area contributed by atoms with Crippen molar-refractivity contribution in [1.29, 1.82) is 0 Å². The van der Waals surface area contributed by atoms with E-state index in [-0.39, 0.29) is 52.0 Å². The molecule has 4 fully saturated rings. The monoisotopic (exact) mass is 749 g/mol. The van der Waals surface area contributed by atoms with E-state index >= 15 is 0 Å². The highest BCUT2D eigenvalue weighted by Crippen LogP contribution is 2.69. The number of hydrogen-bond acceptors (Lipinski definition) is 8. The maximum atomic E-state index is 14.0. The Kier molecular flexibility index (Phi) is 7.61. The number of imide groups is 1. The number of fused-ring (bicyclic) bond motifs is 9. The highest BCUT2D eigenvalue weighted by Gasteiger charge is 2.70. The topological polar surface area (TPSA) is 109 Å². The van der Waals surface area contributed by atoms with Gasteiger partial charge >= 0.3 is 11.0 Å². The molecule has 3 aliphatic heterocycles. The van der Waals surface area contributed by atoms with E-state index in [1.54, 1.807) is 11.0 Å². The zero-order chi connectivity index (χ0) is 32.8. The fourth-order valence-corrected chi connectivity index (χ4v) is 11.6. The molecule has 1 aromatic heterocycles. The van der Waals surface area contributed by atoms with Crippen LogP contribution in [0.1, 0.15) is 28.3 Å². The van der Waals surface area contributed by atoms with Crippen LogP contribution >= 0.6 is 39.0 Å². The van der Waals surface area contributed by atoms with Crippen molar-refractivity contribution < 1.29 is 37.0 Å². The zero-order valence-electron chi connectivity index (χ0n) is 24.5. The Bertz CT molecular complexity index is 1860. The van der Waals surface area contributed by atoms with E-state index in [1.807, 2.05) is 12.1 Å². The molecular weight excluding hydrogens is 723 g/mol. The number of thiazole rings is 1. The van der Waals surface area contributed by atoms with Crippen LogP contribution < -0.4 is 14.5 Å². The van der Waals surface area contributed by atoms with Crippen molar-refractivity contribution in [3.8, 4) is 5.75 Å². The first-order valence-corrected chi connectivity index (χ1v) is 17.7. The van der Waals surface area contributed by atoms with E-state index in [1.165, 1.54) is 23.9 Å². The quantitative estimate of drug-likeness (QED) is 0.361. The summed E-state index contributed by atoms with van der Waals surface area (Å²) in [4.78, 5) is 59.8. The predicted molar refractivity (Wildman–Crippen MR) is 169 cm³/mol. The molecule has 0 radical (unpaired) electrons. The third kappa shape index (κ3) is 5.06. The molecule has 7 atom stereocenters. The lowest BCUT2D eigenvalue weighted by Crippen LogP contribution is -2.43. The molecule has 1 N–H and O–H groups in total. The SMILES string of the molecule is O=C(COc1ccc(Br)cc1[C@H]1c2sc(=O)[nH]c2SC2C1[C@H]1C[C@@H]2C2C(=O)N(c3cccc(C(F)(F)F)c3)C(=O)C21)N1CCOCC1. The molecule has 2 saturated heterocycles. The Morgan fingerprint density at radius 1 is 1.04 bits per heavy atom. The summed E-state index contributed by atoms with van der Waals surface area (Å²) in [6, 6.07) is 9.86. The molecule has 246 valence electrons. The number of carbonyl (C=O) groups is 3. The molecule has 3 amide bonds. The summed E-state index contributed by atoms with van der Waals surface area (Å²) in [6.45, 7) is 1.70. The minimum Gasteiger partial charge on any atom is -0.483 e. The number of morpholine rings is 1. The van der Waals surface area contributed by atoms with Gasteiger partial charge in [0.15, 0.2) is 6.61 Å². The Balaban J connectivity index is 1.15. The van der Waals surface area contributed by atoms with Crippen molar-refractivity contribution in [2.24, 2.45) is 29.6 Å². The van der Waals surface area contributed by atoms with E-state index < -0.39 is 35.4 Å². The second-order valence-electron chi connectivity index (χ2n) is 12.5. The van der Waals surface area contributed by atoms with Crippen molar-refractivity contribution >= 4 is 62.4 Å². The van der Waals surface area contributed by atoms with Crippen LogP contribution in [0.25, 0.3) is 0 Å². The van der Waals surface area contributed by atoms with E-state index in [0.29, 0.717) is 43.5 Å². The predicted octanol–water partition coefficient (Wildman–Crippen LogP) is 5.13. The zero-order valence-corrected chi connectivity index (χ0v) is 27.7. The van der Waals surface area contributed by atoms with Crippen molar-refractivity contribution in [2.75, 3.05) is 37.8 Å². The van der Waals surface area contributed by atoms with Gasteiger partial charge in [-0.3, -0.25) is 24.1 Å². The van der Waals surface area contributed by atoms with Gasteiger partial charge < -0.3 is 19.4 Å². The molecule has 15 heteroatoms. The largest absolute Gasteiger partial charge is 0.483 e. The van der Waals surface area contributed by atoms with Crippen molar-refractivity contribution in [1.82, 2.24) is 9.88 Å². The second kappa shape index (κ2) is 11.5. The number of aromatic amines is 1. The number of anilines is 1. The molecule has 5 aliphatic rings. The van der Waals surface area contributed by atoms with E-state index in [4.69, 9.17) is 9.47 Å². The fraction of sp³-hybridized carbons (Fsp3) is 0.438. The Hall–Kier alpha value is -3.14. The number of carbonyl (C=O) groups excluding carboxylic acids is 3. The number of thioether (sulfide) groups is 1. The first-order chi connectivity index (χ1) is 22.5. The fourth-order valence-electron chi connectivity index (χ4n) is 8.38. The summed E-state index contributed by atoms with van der Waals surface area (Å²) in [7, 11) is 0. The first kappa shape index (κ1) is 31.1. The highest BCUT2D eigenvalue weighted by molar-refractivity contribution is 9.10. The summed E-state index contributed by atoms with van der Waals surface area (Å²) >= 11 is 6.19. The van der Waals surface area contributed by atoms with Crippen LogP contribution in [0, 0.1) is 29.6 Å². The smallest absolute Gasteiger partial charge is 0.416 e. The van der Waals surface area contributed by atoms with Crippen molar-refractivity contribution in [3.05, 3.63) is 72.6 Å². The van der Waals surface area contributed by atoms with Gasteiger partial charge in [0.2, 0.25) is 11.8 Å². The maximum Gasteiger partial charge on any atom is 0.416 e. The standard InChI is InChI=1S/C32H27BrF3N3O6S2/c33-15-4-5-20(45-13-21(40)38-6-8-44-9-7-38)17(11-15)22-23-18-12-19(26(23)46-28-27(22)47-31(43)37-28)25-24(18)29(41)39(30(25)42)16-3-1-2-14(10-16)32(34,35)36/h1-5,10-11,18-19,22-26H,6-9,12-13H2,(H,37,43)/t18-,19-,22-,23?,24?,25?,26?/m1/s1. The molecule has 4 unspecified atom stereocenters. The lowest BCUT2D eigenvalue weighted by atomic mass is 9.68. The number of nitrogens with zero attached hydrogens (tertiary/aromatic N) is 2. The Morgan fingerprint density at radius 3 is 2.53 bits per heavy atom. The number of nitrogens with one attached hydrogen (secondary N) is 1. The number of benzene rings is 2. The number of halogens is 4. The van der Waals surface area contributed by atoms with E-state index in [2.05, 4.69) is 20.9 Å². The average molecular weight is 751 g/mol. The molecule has 3 aromatic rings. The van der Waals surface area contributed by atoms with Crippen LogP contribution in [-0.2, 0) is 25.3 Å². The number of rotatable bonds is 5. The number of amides is 3. The van der Waals surface area contributed by atoms with Crippen LogP contribution in [0.2, 0.25) is 0 Å². The molecule has 4 heterocycles. The second-order valence-corrected chi connectivity index (χ2v) is 15.6. The summed E-state index contributed by atoms with van der Waals surface area (Å²) in [5.74, 6) is -3.02. The summed E-state index contributed by atoms with van der Waals surface area (Å²) in [5.41, 5.74) is -0.244. The number of H-pyrrole nitrogens is 1. The van der Waals surface area contributed by atoms with Crippen LogP contribution in [0.15, 0.2) is 56.8 Å². The highest BCUT2D eigenvalue weighted by atomic mass is 79.9. The molecular formula is C32H27BrF3N3O6S2. The Morgan fingerprint density at radius 2 is 1.79 bits per heavy atom. The van der Waals surface area contributed by atoms with Gasteiger partial charge in [-0.15, -0.1) is 11.8 Å². The van der Waals surface area contributed by atoms with Crippen molar-refractivity contribution in [2.45, 2.75) is 28.8 Å². The third-order valence-corrected chi connectivity index (χ3v) is 13.3. The molecule has 2 aromatic carbocycles. The van der Waals surface area contributed by atoms with Crippen molar-refractivity contribution in [3.63, 3.8) is 0 Å². The van der Waals surface area contributed by atoms with Gasteiger partial charge in [-0.2, -0.15) is 13.2 Å². The number of hydrogen-bond donors (Lipinski definition) is 1. The molecule has 0 spiro atoms. The summed E-state index contributed by atoms with van der Waals surface area (Å²) < 4.78 is 52.9. The molecule has 8 rings (SSSR count). The molecule has 9 nitrogen and oxygen atoms in total. The van der Waals surface area contributed by atoms with Crippen LogP contribution in [0.5, 0.6) is 5.75 Å². The van der Waals surface area contributed by atoms with Gasteiger partial charge in [0.05, 0.1) is 41.3 Å². The van der Waals surface area contributed by atoms with Crippen LogP contribution in [-0.4, -0.2) is 65.8 Å². The normalized spacial score (nSPS) is 29.6. The van der Waals surface area contributed by atoms with Crippen LogP contribution in [0.4, 0.5) is 18.9 Å². The lowest BCUT2D eigenvalue weighted by molar-refractivity contribution is -0.138. The van der Waals surface area contributed by atoms with Gasteiger partial charge in [0.25, 0.3) is 5.91 Å². The third-order valence-electron chi connectivity index (χ3n) is 10.2. The number of alkyl halides is 3. The molecule has 47 heavy (non-hydrogen) atoms. The van der Waals surface area contributed by atoms with Crippen LogP contribution in [0.3, 0.4) is 0 Å². The van der Waals surface area contributed by atoms with E-state index in [0.717, 1.165) is 43.3 Å². The molecule has 2 saturated carbocycles. The van der Waals surface area contributed by atoms with Gasteiger partial charge in [-0.25, -0.2) is 0 Å². The van der Waals surface area contributed by atoms with Gasteiger partial charge in [0, 0.05) is 39.2 Å². The van der Waals surface area contributed by atoms with E-state index in [9.17, 15) is 32.3 Å². The number of aromatic nitrogens is 1. The van der Waals surface area contributed by atoms with Gasteiger partial charge in [-0.05, 0) is 60.6 Å². The minimum atomic E-state index is -4.62. The average Bonchev–Trinajstić information content (AvgIpc) is 3.79.